The van der Waals surface area contributed by atoms with Crippen molar-refractivity contribution < 1.29 is 62.6 Å². The third kappa shape index (κ3) is 23.6. The Labute approximate surface area is 497 Å². The molecule has 0 radical (unpaired) electrons. The van der Waals surface area contributed by atoms with Gasteiger partial charge < -0.3 is 68.5 Å². The van der Waals surface area contributed by atoms with Gasteiger partial charge in [-0.2, -0.15) is 0 Å². The van der Waals surface area contributed by atoms with Gasteiger partial charge in [-0.05, 0) is 135 Å². The molecule has 2 heterocycles. The average molecular weight is 1190 g/mol. The van der Waals surface area contributed by atoms with Crippen molar-refractivity contribution in [1.29, 1.82) is 0 Å². The normalized spacial score (nSPS) is 17.8. The molecule has 0 aromatic carbocycles. The maximum absolute atomic E-state index is 14.5. The molecule has 2 aliphatic rings. The summed E-state index contributed by atoms with van der Waals surface area (Å²) in [7, 11) is 0. The van der Waals surface area contributed by atoms with E-state index in [4.69, 9.17) is 5.73 Å². The lowest BCUT2D eigenvalue weighted by Gasteiger charge is -2.35. The Morgan fingerprint density at radius 3 is 1.15 bits per heavy atom. The van der Waals surface area contributed by atoms with E-state index in [0.29, 0.717) is 25.7 Å². The Balaban J connectivity index is 2.32. The molecule has 12 amide bonds. The predicted molar refractivity (Wildman–Crippen MR) is 316 cm³/mol. The highest BCUT2D eigenvalue weighted by molar-refractivity contribution is 6.00. The van der Waals surface area contributed by atoms with E-state index in [1.807, 2.05) is 69.2 Å². The summed E-state index contributed by atoms with van der Waals surface area (Å²) in [5, 5.41) is 34.5. The Bertz CT molecular complexity index is 2340. The predicted octanol–water partition coefficient (Wildman–Crippen LogP) is 1.07. The van der Waals surface area contributed by atoms with Gasteiger partial charge in [0, 0.05) is 26.4 Å². The number of primary amides is 1. The zero-order chi connectivity index (χ0) is 64.4. The second-order valence-corrected chi connectivity index (χ2v) is 26.7. The molecule has 0 aromatic heterocycles. The lowest BCUT2D eigenvalue weighted by atomic mass is 9.97. The summed E-state index contributed by atoms with van der Waals surface area (Å²) in [4.78, 5) is 167. The molecule has 0 saturated carbocycles. The van der Waals surface area contributed by atoms with Crippen molar-refractivity contribution in [3.8, 4) is 0 Å². The second-order valence-electron chi connectivity index (χ2n) is 26.7. The molecule has 2 rings (SSSR count). The van der Waals surface area contributed by atoms with Crippen molar-refractivity contribution in [3.63, 3.8) is 0 Å². The summed E-state index contributed by atoms with van der Waals surface area (Å²) in [6.07, 6.45) is 2.16. The van der Waals surface area contributed by atoms with Gasteiger partial charge in [0.1, 0.15) is 58.9 Å². The third-order valence-corrected chi connectivity index (χ3v) is 14.6. The van der Waals surface area contributed by atoms with E-state index in [1.165, 1.54) is 58.3 Å². The number of nitrogens with one attached hydrogen (secondary N) is 9. The molecular formula is C59H104N12O13. The smallest absolute Gasteiger partial charge is 0.248 e. The molecule has 0 aliphatic carbocycles. The topological polar surface area (TPSA) is 366 Å². The number of carbonyl (C=O) groups excluding carboxylic acids is 12. The van der Waals surface area contributed by atoms with E-state index >= 15 is 0 Å². The number of likely N-dealkylation sites (tertiary alicyclic amines) is 2. The van der Waals surface area contributed by atoms with E-state index in [-0.39, 0.29) is 100 Å². The maximum Gasteiger partial charge on any atom is 0.248 e. The molecular weight excluding hydrogens is 1080 g/mol. The Morgan fingerprint density at radius 1 is 0.464 bits per heavy atom. The fourth-order valence-electron chi connectivity index (χ4n) is 10.5. The number of nitrogens with zero attached hydrogens (tertiary/aromatic N) is 2. The maximum atomic E-state index is 14.5. The lowest BCUT2D eigenvalue weighted by molar-refractivity contribution is -0.146. The van der Waals surface area contributed by atoms with E-state index in [2.05, 4.69) is 47.9 Å². The van der Waals surface area contributed by atoms with Crippen molar-refractivity contribution in [2.75, 3.05) is 19.7 Å². The van der Waals surface area contributed by atoms with Crippen molar-refractivity contribution in [3.05, 3.63) is 0 Å². The summed E-state index contributed by atoms with van der Waals surface area (Å²) < 4.78 is 0. The second kappa shape index (κ2) is 32.8. The molecule has 25 nitrogen and oxygen atoms in total. The van der Waals surface area contributed by atoms with Crippen molar-refractivity contribution in [1.82, 2.24) is 57.7 Å². The molecule has 0 bridgehead atoms. The number of nitrogens with two attached hydrogens (primary N) is 1. The summed E-state index contributed by atoms with van der Waals surface area (Å²) in [6.45, 7) is 28.9. The first kappa shape index (κ1) is 73.7. The fourth-order valence-corrected chi connectivity index (χ4v) is 10.5. The van der Waals surface area contributed by atoms with Crippen LogP contribution in [-0.2, 0) is 57.5 Å². The van der Waals surface area contributed by atoms with Gasteiger partial charge in [-0.15, -0.1) is 0 Å². The largest absolute Gasteiger partial charge is 0.394 e. The molecule has 8 atom stereocenters. The van der Waals surface area contributed by atoms with Gasteiger partial charge in [0.05, 0.1) is 12.6 Å². The summed E-state index contributed by atoms with van der Waals surface area (Å²) in [6, 6.07) is -8.46. The average Bonchev–Trinajstić information content (AvgIpc) is 4.27. The van der Waals surface area contributed by atoms with Crippen molar-refractivity contribution in [2.45, 2.75) is 253 Å². The van der Waals surface area contributed by atoms with Gasteiger partial charge in [0.25, 0.3) is 0 Å². The van der Waals surface area contributed by atoms with Crippen LogP contribution in [0.1, 0.15) is 188 Å². The first-order valence-electron chi connectivity index (χ1n) is 30.0. The zero-order valence-electron chi connectivity index (χ0n) is 53.2. The van der Waals surface area contributed by atoms with Crippen molar-refractivity contribution >= 4 is 70.9 Å². The standard InChI is InChI=1S/C59H104N12O13/c1-32(2)26-38(31-72)61-52(80)44-20-18-24-70(44)55(83)58(14,15)68-51(79)43(30-36(9)10)64-49(77)41(28-34(5)6)65-53(81)45-21-19-25-71(45)56(84)59(16,17)69-50(78)42(29-35(7)8)63-48(76)40(27-33(3)4)62-47(75)39(22-23-46(60)74)66-54(82)57(12,13)67-37(11)73/h32-36,38-45,72H,18-31H2,1-17H3,(H2,60,74)(H,61,80)(H,62,75)(H,63,76)(H,64,77)(H,65,81)(H,66,82)(H,67,73)(H,68,79)(H,69,78). The van der Waals surface area contributed by atoms with Crippen LogP contribution in [0.2, 0.25) is 0 Å². The third-order valence-electron chi connectivity index (χ3n) is 14.6. The van der Waals surface area contributed by atoms with Gasteiger partial charge in [-0.25, -0.2) is 0 Å². The summed E-state index contributed by atoms with van der Waals surface area (Å²) in [5.41, 5.74) is 0.764. The van der Waals surface area contributed by atoms with Crippen LogP contribution in [0.3, 0.4) is 0 Å². The number of aliphatic hydroxyl groups excluding tert-OH is 1. The molecule has 25 heteroatoms. The van der Waals surface area contributed by atoms with Crippen LogP contribution < -0.4 is 53.6 Å². The van der Waals surface area contributed by atoms with Crippen LogP contribution in [0.15, 0.2) is 0 Å². The number of hydrogen-bond acceptors (Lipinski definition) is 13. The van der Waals surface area contributed by atoms with E-state index in [0.717, 1.165) is 0 Å². The minimum absolute atomic E-state index is 0.0912. The van der Waals surface area contributed by atoms with Crippen LogP contribution in [0.5, 0.6) is 0 Å². The monoisotopic (exact) mass is 1190 g/mol. The molecule has 12 N–H and O–H groups in total. The number of carbonyl (C=O) groups is 12. The van der Waals surface area contributed by atoms with Gasteiger partial charge in [0.2, 0.25) is 70.9 Å². The zero-order valence-corrected chi connectivity index (χ0v) is 53.2. The van der Waals surface area contributed by atoms with Crippen LogP contribution in [0, 0.1) is 29.6 Å². The summed E-state index contributed by atoms with van der Waals surface area (Å²) in [5.74, 6) is -8.06. The van der Waals surface area contributed by atoms with Crippen LogP contribution in [-0.4, -0.2) is 170 Å². The molecule has 478 valence electrons. The Morgan fingerprint density at radius 2 is 0.810 bits per heavy atom. The minimum atomic E-state index is -1.65. The first-order valence-corrected chi connectivity index (χ1v) is 30.0. The number of amides is 12. The van der Waals surface area contributed by atoms with Gasteiger partial charge in [-0.1, -0.05) is 69.2 Å². The quantitative estimate of drug-likeness (QED) is 0.0439. The van der Waals surface area contributed by atoms with Crippen molar-refractivity contribution in [2.24, 2.45) is 35.3 Å². The van der Waals surface area contributed by atoms with Gasteiger partial charge in [-0.3, -0.25) is 57.5 Å². The highest BCUT2D eigenvalue weighted by Crippen LogP contribution is 2.25. The molecule has 8 unspecified atom stereocenters. The fraction of sp³-hybridized carbons (Fsp3) is 0.797. The highest BCUT2D eigenvalue weighted by atomic mass is 16.3. The first-order chi connectivity index (χ1) is 38.7. The molecule has 2 saturated heterocycles. The van der Waals surface area contributed by atoms with E-state index < -0.39 is 130 Å². The Hall–Kier alpha value is -6.40. The summed E-state index contributed by atoms with van der Waals surface area (Å²) >= 11 is 0. The molecule has 2 aliphatic heterocycles. The molecule has 0 aromatic rings. The number of hydrogen-bond donors (Lipinski definition) is 11. The SMILES string of the molecule is CC(=O)NC(C)(C)C(=O)NC(CCC(N)=O)C(=O)NC(CC(C)C)C(=O)NC(CC(C)C)C(=O)NC(C)(C)C(=O)N1CCCC1C(=O)NC(CC(C)C)C(=O)NC(CC(C)C)C(=O)NC(C)(C)C(=O)N1CCCC1C(=O)NC(CO)CC(C)C. The van der Waals surface area contributed by atoms with Crippen LogP contribution in [0.4, 0.5) is 0 Å². The molecule has 84 heavy (non-hydrogen) atoms. The minimum Gasteiger partial charge on any atom is -0.394 e. The van der Waals surface area contributed by atoms with Crippen LogP contribution in [0.25, 0.3) is 0 Å². The van der Waals surface area contributed by atoms with Crippen LogP contribution >= 0.6 is 0 Å². The number of rotatable bonds is 33. The van der Waals surface area contributed by atoms with Gasteiger partial charge in [0.15, 0.2) is 0 Å². The highest BCUT2D eigenvalue weighted by Gasteiger charge is 2.46. The molecule has 0 spiro atoms. The number of aliphatic hydroxyl groups is 1. The Kier molecular flexibility index (Phi) is 28.7. The lowest BCUT2D eigenvalue weighted by Crippen LogP contribution is -2.64. The molecule has 2 fully saturated rings. The van der Waals surface area contributed by atoms with E-state index in [1.54, 1.807) is 0 Å². The van der Waals surface area contributed by atoms with E-state index in [9.17, 15) is 62.6 Å². The van der Waals surface area contributed by atoms with Gasteiger partial charge >= 0.3 is 0 Å².